The monoisotopic (exact) mass is 372 g/mol. The van der Waals surface area contributed by atoms with Gasteiger partial charge in [0, 0.05) is 49.4 Å². The van der Waals surface area contributed by atoms with Crippen LogP contribution in [-0.4, -0.2) is 47.2 Å². The molecule has 1 aromatic heterocycles. The van der Waals surface area contributed by atoms with Gasteiger partial charge in [0.15, 0.2) is 0 Å². The third-order valence-corrected chi connectivity index (χ3v) is 5.60. The van der Waals surface area contributed by atoms with E-state index in [1.807, 2.05) is 18.2 Å². The van der Waals surface area contributed by atoms with E-state index < -0.39 is 5.91 Å². The maximum Gasteiger partial charge on any atom is 0.267 e. The first-order chi connectivity index (χ1) is 12.6. The first kappa shape index (κ1) is 18.6. The fourth-order valence-corrected chi connectivity index (χ4v) is 4.17. The predicted molar refractivity (Wildman–Crippen MR) is 104 cm³/mol. The first-order valence-electron chi connectivity index (χ1n) is 8.68. The van der Waals surface area contributed by atoms with Gasteiger partial charge in [-0.05, 0) is 31.6 Å². The molecule has 0 atom stereocenters. The maximum absolute atomic E-state index is 11.2. The lowest BCUT2D eigenvalue weighted by atomic mass is 10.1. The average molecular weight is 372 g/mol. The zero-order chi connectivity index (χ0) is 18.5. The van der Waals surface area contributed by atoms with E-state index in [2.05, 4.69) is 34.7 Å². The number of thiazole rings is 1. The number of nitrogens with zero attached hydrogens (tertiary/aromatic N) is 3. The molecule has 1 fully saturated rings. The molecular formula is C19H24N4O2S. The van der Waals surface area contributed by atoms with Crippen molar-refractivity contribution in [3.8, 4) is 0 Å². The molecule has 0 spiro atoms. The van der Waals surface area contributed by atoms with Gasteiger partial charge < -0.3 is 4.90 Å². The summed E-state index contributed by atoms with van der Waals surface area (Å²) in [5.41, 5.74) is 4.85. The molecule has 2 heterocycles. The summed E-state index contributed by atoms with van der Waals surface area (Å²) in [6.07, 6.45) is 3.07. The van der Waals surface area contributed by atoms with Crippen LogP contribution in [-0.2, 0) is 11.3 Å². The van der Waals surface area contributed by atoms with E-state index in [0.717, 1.165) is 54.7 Å². The number of aryl methyl sites for hydroxylation is 2. The van der Waals surface area contributed by atoms with Crippen molar-refractivity contribution < 1.29 is 10.0 Å². The number of hydrogen-bond donors (Lipinski definition) is 2. The molecule has 0 aliphatic carbocycles. The van der Waals surface area contributed by atoms with Gasteiger partial charge in [-0.25, -0.2) is 10.5 Å². The Kier molecular flexibility index (Phi) is 6.03. The number of carbonyl (C=O) groups is 1. The summed E-state index contributed by atoms with van der Waals surface area (Å²) in [6.45, 7) is 8.96. The van der Waals surface area contributed by atoms with Crippen LogP contribution in [0.5, 0.6) is 0 Å². The second kappa shape index (κ2) is 8.44. The molecule has 0 saturated carbocycles. The van der Waals surface area contributed by atoms with E-state index in [0.29, 0.717) is 0 Å². The van der Waals surface area contributed by atoms with Gasteiger partial charge in [0.2, 0.25) is 0 Å². The number of carbonyl (C=O) groups excluding carboxylic acids is 1. The Morgan fingerprint density at radius 3 is 2.65 bits per heavy atom. The minimum Gasteiger partial charge on any atom is -0.368 e. The van der Waals surface area contributed by atoms with Crippen LogP contribution in [0.15, 0.2) is 30.3 Å². The molecule has 6 nitrogen and oxygen atoms in total. The standard InChI is InChI=1S/C19H24N4O2S/c1-14-18(26-15(2)20-14)13-22-9-11-23(12-10-22)17-6-4-3-5-16(17)7-8-19(24)21-25/h3-8,25H,9-13H2,1-2H3,(H,21,24). The molecule has 1 saturated heterocycles. The van der Waals surface area contributed by atoms with Gasteiger partial charge in [-0.2, -0.15) is 0 Å². The smallest absolute Gasteiger partial charge is 0.267 e. The minimum atomic E-state index is -0.528. The Morgan fingerprint density at radius 1 is 1.27 bits per heavy atom. The second-order valence-electron chi connectivity index (χ2n) is 6.37. The lowest BCUT2D eigenvalue weighted by molar-refractivity contribution is -0.124. The minimum absolute atomic E-state index is 0.528. The molecule has 3 rings (SSSR count). The van der Waals surface area contributed by atoms with Gasteiger partial charge >= 0.3 is 0 Å². The maximum atomic E-state index is 11.2. The highest BCUT2D eigenvalue weighted by Crippen LogP contribution is 2.25. The molecule has 0 bridgehead atoms. The number of piperazine rings is 1. The van der Waals surface area contributed by atoms with Crippen molar-refractivity contribution in [3.05, 3.63) is 51.5 Å². The van der Waals surface area contributed by atoms with E-state index in [-0.39, 0.29) is 0 Å². The second-order valence-corrected chi connectivity index (χ2v) is 7.66. The van der Waals surface area contributed by atoms with Gasteiger partial charge in [0.25, 0.3) is 5.91 Å². The lowest BCUT2D eigenvalue weighted by Crippen LogP contribution is -2.46. The molecule has 26 heavy (non-hydrogen) atoms. The molecule has 1 aliphatic rings. The number of nitrogens with one attached hydrogen (secondary N) is 1. The Morgan fingerprint density at radius 2 is 2.00 bits per heavy atom. The summed E-state index contributed by atoms with van der Waals surface area (Å²) in [5.74, 6) is -0.528. The zero-order valence-electron chi connectivity index (χ0n) is 15.1. The fraction of sp³-hybridized carbons (Fsp3) is 0.368. The highest BCUT2D eigenvalue weighted by Gasteiger charge is 2.20. The van der Waals surface area contributed by atoms with E-state index in [1.54, 1.807) is 22.9 Å². The van der Waals surface area contributed by atoms with E-state index in [4.69, 9.17) is 5.21 Å². The Hall–Kier alpha value is -2.22. The zero-order valence-corrected chi connectivity index (χ0v) is 15.9. The van der Waals surface area contributed by atoms with Gasteiger partial charge in [0.05, 0.1) is 10.7 Å². The number of aromatic nitrogens is 1. The number of anilines is 1. The van der Waals surface area contributed by atoms with Crippen LogP contribution in [0.4, 0.5) is 5.69 Å². The molecule has 138 valence electrons. The van der Waals surface area contributed by atoms with Gasteiger partial charge in [-0.3, -0.25) is 14.9 Å². The number of benzene rings is 1. The highest BCUT2D eigenvalue weighted by atomic mass is 32.1. The fourth-order valence-electron chi connectivity index (χ4n) is 3.19. The van der Waals surface area contributed by atoms with Crippen molar-refractivity contribution in [1.82, 2.24) is 15.4 Å². The molecule has 2 aromatic rings. The largest absolute Gasteiger partial charge is 0.368 e. The molecule has 1 aliphatic heterocycles. The predicted octanol–water partition coefficient (Wildman–Crippen LogP) is 2.60. The quantitative estimate of drug-likeness (QED) is 0.480. The van der Waals surface area contributed by atoms with Crippen LogP contribution in [0.2, 0.25) is 0 Å². The molecule has 0 radical (unpaired) electrons. The van der Waals surface area contributed by atoms with Crippen LogP contribution in [0.1, 0.15) is 21.1 Å². The van der Waals surface area contributed by atoms with Crippen molar-refractivity contribution in [2.75, 3.05) is 31.1 Å². The van der Waals surface area contributed by atoms with Gasteiger partial charge in [-0.1, -0.05) is 18.2 Å². The Bertz CT molecular complexity index is 795. The summed E-state index contributed by atoms with van der Waals surface area (Å²) in [6, 6.07) is 8.01. The van der Waals surface area contributed by atoms with Crippen molar-refractivity contribution >= 4 is 29.0 Å². The third-order valence-electron chi connectivity index (χ3n) is 4.54. The number of hydroxylamine groups is 1. The first-order valence-corrected chi connectivity index (χ1v) is 9.50. The van der Waals surface area contributed by atoms with Crippen LogP contribution in [0.3, 0.4) is 0 Å². The van der Waals surface area contributed by atoms with Crippen LogP contribution in [0.25, 0.3) is 6.08 Å². The summed E-state index contributed by atoms with van der Waals surface area (Å²) >= 11 is 1.79. The topological polar surface area (TPSA) is 68.7 Å². The van der Waals surface area contributed by atoms with E-state index in [1.165, 1.54) is 11.0 Å². The van der Waals surface area contributed by atoms with Crippen LogP contribution in [0, 0.1) is 13.8 Å². The lowest BCUT2D eigenvalue weighted by Gasteiger charge is -2.36. The van der Waals surface area contributed by atoms with Crippen LogP contribution >= 0.6 is 11.3 Å². The SMILES string of the molecule is Cc1nc(C)c(CN2CCN(c3ccccc3C=CC(=O)NO)CC2)s1. The summed E-state index contributed by atoms with van der Waals surface area (Å²) in [4.78, 5) is 21.9. The van der Waals surface area contributed by atoms with E-state index >= 15 is 0 Å². The summed E-state index contributed by atoms with van der Waals surface area (Å²) in [5, 5.41) is 9.76. The molecule has 1 aromatic carbocycles. The summed E-state index contributed by atoms with van der Waals surface area (Å²) < 4.78 is 0. The van der Waals surface area contributed by atoms with Crippen LogP contribution < -0.4 is 10.4 Å². The number of hydrogen-bond acceptors (Lipinski definition) is 6. The number of amides is 1. The number of para-hydroxylation sites is 1. The van der Waals surface area contributed by atoms with Crippen molar-refractivity contribution in [1.29, 1.82) is 0 Å². The molecule has 0 unspecified atom stereocenters. The Labute approximate surface area is 157 Å². The van der Waals surface area contributed by atoms with Gasteiger partial charge in [0.1, 0.15) is 0 Å². The molecule has 1 amide bonds. The summed E-state index contributed by atoms with van der Waals surface area (Å²) in [7, 11) is 0. The normalized spacial score (nSPS) is 15.6. The third kappa shape index (κ3) is 4.49. The van der Waals surface area contributed by atoms with Crippen molar-refractivity contribution in [3.63, 3.8) is 0 Å². The van der Waals surface area contributed by atoms with E-state index in [9.17, 15) is 4.79 Å². The van der Waals surface area contributed by atoms with Gasteiger partial charge in [-0.15, -0.1) is 11.3 Å². The molecular weight excluding hydrogens is 348 g/mol. The number of rotatable bonds is 5. The molecule has 7 heteroatoms. The highest BCUT2D eigenvalue weighted by molar-refractivity contribution is 7.11. The average Bonchev–Trinajstić information content (AvgIpc) is 2.97. The van der Waals surface area contributed by atoms with Crippen molar-refractivity contribution in [2.24, 2.45) is 0 Å². The van der Waals surface area contributed by atoms with Crippen molar-refractivity contribution in [2.45, 2.75) is 20.4 Å². The molecule has 2 N–H and O–H groups in total. The Balaban J connectivity index is 1.64.